The zero-order valence-electron chi connectivity index (χ0n) is 13.4. The molecule has 6 heteroatoms. The Morgan fingerprint density at radius 2 is 1.84 bits per heavy atom. The molecule has 0 bridgehead atoms. The lowest BCUT2D eigenvalue weighted by molar-refractivity contribution is 0.102. The number of ether oxygens (including phenoxy) is 1. The number of carbonyl (C=O) groups excluding carboxylic acids is 1. The lowest BCUT2D eigenvalue weighted by Crippen LogP contribution is -2.25. The minimum absolute atomic E-state index is 0.0278. The van der Waals surface area contributed by atoms with Gasteiger partial charge in [0.15, 0.2) is 5.78 Å². The number of anilines is 1. The highest BCUT2D eigenvalue weighted by molar-refractivity contribution is 6.23. The van der Waals surface area contributed by atoms with Crippen molar-refractivity contribution in [1.29, 1.82) is 0 Å². The van der Waals surface area contributed by atoms with Crippen molar-refractivity contribution in [3.8, 4) is 5.75 Å². The zero-order chi connectivity index (χ0) is 17.0. The number of methoxy groups -OCH3 is 1. The van der Waals surface area contributed by atoms with Gasteiger partial charge in [0.1, 0.15) is 18.1 Å². The topological polar surface area (TPSA) is 69.0 Å². The molecule has 1 aliphatic heterocycles. The summed E-state index contributed by atoms with van der Waals surface area (Å²) in [6.07, 6.45) is 1.50. The van der Waals surface area contributed by atoms with Crippen LogP contribution in [0, 0.1) is 0 Å². The predicted molar refractivity (Wildman–Crippen MR) is 92.5 cm³/mol. The van der Waals surface area contributed by atoms with Gasteiger partial charge in [-0.3, -0.25) is 4.79 Å². The number of allylic oxidation sites excluding steroid dienone is 1. The summed E-state index contributed by atoms with van der Waals surface area (Å²) in [5.74, 6) is 1.43. The Morgan fingerprint density at radius 1 is 1.08 bits per heavy atom. The predicted octanol–water partition coefficient (Wildman–Crippen LogP) is 2.91. The van der Waals surface area contributed by atoms with E-state index in [1.165, 1.54) is 6.33 Å². The average molecular weight is 330 g/mol. The molecule has 122 valence electrons. The first-order valence-corrected chi connectivity index (χ1v) is 7.96. The molecule has 0 fully saturated rings. The lowest BCUT2D eigenvalue weighted by Gasteiger charge is -2.26. The maximum Gasteiger partial charge on any atom is 0.226 e. The van der Waals surface area contributed by atoms with Gasteiger partial charge < -0.3 is 10.1 Å². The van der Waals surface area contributed by atoms with Crippen molar-refractivity contribution in [2.24, 2.45) is 0 Å². The molecular formula is C19H14N4O2. The number of fused-ring (bicyclic) bond motifs is 3. The van der Waals surface area contributed by atoms with Crippen LogP contribution in [0.5, 0.6) is 5.75 Å². The molecule has 1 N–H and O–H groups in total. The number of Topliss-reactive ketones (excluding diaryl/α,β-unsaturated/α-hetero) is 1. The van der Waals surface area contributed by atoms with Crippen LogP contribution in [0.25, 0.3) is 5.70 Å². The largest absolute Gasteiger partial charge is 0.497 e. The molecular weight excluding hydrogens is 316 g/mol. The average Bonchev–Trinajstić information content (AvgIpc) is 3.24. The third kappa shape index (κ3) is 1.88. The molecule has 0 saturated heterocycles. The van der Waals surface area contributed by atoms with E-state index in [9.17, 15) is 4.79 Å². The maximum absolute atomic E-state index is 13.1. The molecule has 3 aromatic rings. The van der Waals surface area contributed by atoms with E-state index in [4.69, 9.17) is 4.74 Å². The van der Waals surface area contributed by atoms with Crippen LogP contribution in [0.4, 0.5) is 5.95 Å². The molecule has 0 unspecified atom stereocenters. The first-order chi connectivity index (χ1) is 12.3. The number of hydrogen-bond acceptors (Lipinski definition) is 5. The molecule has 1 atom stereocenters. The number of hydrogen-bond donors (Lipinski definition) is 1. The monoisotopic (exact) mass is 330 g/mol. The highest BCUT2D eigenvalue weighted by Crippen LogP contribution is 2.44. The minimum Gasteiger partial charge on any atom is -0.497 e. The van der Waals surface area contributed by atoms with Crippen molar-refractivity contribution in [3.05, 3.63) is 77.1 Å². The van der Waals surface area contributed by atoms with Crippen molar-refractivity contribution in [1.82, 2.24) is 14.8 Å². The van der Waals surface area contributed by atoms with Gasteiger partial charge in [0.2, 0.25) is 5.95 Å². The van der Waals surface area contributed by atoms with Crippen LogP contribution in [0.3, 0.4) is 0 Å². The van der Waals surface area contributed by atoms with Gasteiger partial charge in [0.25, 0.3) is 0 Å². The Bertz CT molecular complexity index is 1030. The summed E-state index contributed by atoms with van der Waals surface area (Å²) in [5, 5.41) is 7.61. The van der Waals surface area contributed by atoms with Gasteiger partial charge in [-0.25, -0.2) is 4.68 Å². The van der Waals surface area contributed by atoms with Crippen molar-refractivity contribution < 1.29 is 9.53 Å². The zero-order valence-corrected chi connectivity index (χ0v) is 13.4. The third-order valence-corrected chi connectivity index (χ3v) is 4.71. The fourth-order valence-corrected chi connectivity index (χ4v) is 3.56. The van der Waals surface area contributed by atoms with Gasteiger partial charge in [0, 0.05) is 11.1 Å². The number of nitrogens with one attached hydrogen (secondary N) is 1. The summed E-state index contributed by atoms with van der Waals surface area (Å²) in [4.78, 5) is 17.4. The molecule has 6 nitrogen and oxygen atoms in total. The van der Waals surface area contributed by atoms with Crippen molar-refractivity contribution in [2.45, 2.75) is 6.04 Å². The fourth-order valence-electron chi connectivity index (χ4n) is 3.56. The van der Waals surface area contributed by atoms with E-state index in [0.29, 0.717) is 17.1 Å². The molecule has 1 aromatic heterocycles. The number of carbonyl (C=O) groups is 1. The Labute approximate surface area is 143 Å². The van der Waals surface area contributed by atoms with Crippen molar-refractivity contribution >= 4 is 17.4 Å². The first kappa shape index (κ1) is 14.0. The van der Waals surface area contributed by atoms with Crippen LogP contribution in [-0.4, -0.2) is 27.7 Å². The maximum atomic E-state index is 13.1. The fraction of sp³-hybridized carbons (Fsp3) is 0.105. The van der Waals surface area contributed by atoms with Crippen LogP contribution in [0.1, 0.15) is 27.5 Å². The molecule has 1 aliphatic carbocycles. The molecule has 2 heterocycles. The Kier molecular flexibility index (Phi) is 2.82. The standard InChI is InChI=1S/C19H14N4O2/c1-25-12-8-6-11(7-9-12)17-15-16(22-19-20-10-21-23(17)19)13-4-2-3-5-14(13)18(15)24/h2-10,17H,1H3,(H,20,21,22)/t17-/m0/s1. The van der Waals surface area contributed by atoms with Gasteiger partial charge in [-0.2, -0.15) is 10.1 Å². The van der Waals surface area contributed by atoms with E-state index in [1.54, 1.807) is 11.8 Å². The van der Waals surface area contributed by atoms with E-state index in [1.807, 2.05) is 48.5 Å². The Hall–Kier alpha value is -3.41. The second kappa shape index (κ2) is 5.04. The van der Waals surface area contributed by atoms with Crippen molar-refractivity contribution in [3.63, 3.8) is 0 Å². The quantitative estimate of drug-likeness (QED) is 0.782. The van der Waals surface area contributed by atoms with Crippen LogP contribution in [0.2, 0.25) is 0 Å². The van der Waals surface area contributed by atoms with Gasteiger partial charge in [-0.15, -0.1) is 0 Å². The number of nitrogens with zero attached hydrogens (tertiary/aromatic N) is 3. The second-order valence-electron chi connectivity index (χ2n) is 5.99. The smallest absolute Gasteiger partial charge is 0.226 e. The van der Waals surface area contributed by atoms with Gasteiger partial charge in [-0.1, -0.05) is 36.4 Å². The van der Waals surface area contributed by atoms with E-state index in [2.05, 4.69) is 15.4 Å². The third-order valence-electron chi connectivity index (χ3n) is 4.71. The summed E-state index contributed by atoms with van der Waals surface area (Å²) in [6.45, 7) is 0. The van der Waals surface area contributed by atoms with Gasteiger partial charge >= 0.3 is 0 Å². The summed E-state index contributed by atoms with van der Waals surface area (Å²) in [7, 11) is 1.63. The van der Waals surface area contributed by atoms with Crippen molar-refractivity contribution in [2.75, 3.05) is 12.4 Å². The number of aromatic nitrogens is 3. The molecule has 25 heavy (non-hydrogen) atoms. The molecule has 0 radical (unpaired) electrons. The van der Waals surface area contributed by atoms with Crippen LogP contribution < -0.4 is 10.1 Å². The SMILES string of the molecule is COc1ccc([C@H]2C3=C(Nc4ncnn42)c2ccccc2C3=O)cc1. The van der Waals surface area contributed by atoms with Crippen LogP contribution >= 0.6 is 0 Å². The number of rotatable bonds is 2. The van der Waals surface area contributed by atoms with Crippen LogP contribution in [0.15, 0.2) is 60.4 Å². The highest BCUT2D eigenvalue weighted by Gasteiger charge is 2.40. The molecule has 2 aliphatic rings. The van der Waals surface area contributed by atoms with E-state index in [0.717, 1.165) is 22.6 Å². The minimum atomic E-state index is -0.320. The molecule has 5 rings (SSSR count). The molecule has 0 spiro atoms. The molecule has 0 saturated carbocycles. The Balaban J connectivity index is 1.73. The summed E-state index contributed by atoms with van der Waals surface area (Å²) in [5.41, 5.74) is 4.11. The second-order valence-corrected chi connectivity index (χ2v) is 5.99. The van der Waals surface area contributed by atoms with E-state index >= 15 is 0 Å². The molecule has 2 aromatic carbocycles. The van der Waals surface area contributed by atoms with Crippen LogP contribution in [-0.2, 0) is 0 Å². The summed E-state index contributed by atoms with van der Waals surface area (Å²) < 4.78 is 7.00. The summed E-state index contributed by atoms with van der Waals surface area (Å²) in [6, 6.07) is 15.0. The van der Waals surface area contributed by atoms with Gasteiger partial charge in [-0.05, 0) is 17.7 Å². The molecule has 0 amide bonds. The lowest BCUT2D eigenvalue weighted by atomic mass is 9.94. The summed E-state index contributed by atoms with van der Waals surface area (Å²) >= 11 is 0. The van der Waals surface area contributed by atoms with E-state index < -0.39 is 0 Å². The number of ketones is 1. The van der Waals surface area contributed by atoms with Gasteiger partial charge in [0.05, 0.1) is 18.4 Å². The van der Waals surface area contributed by atoms with E-state index in [-0.39, 0.29) is 11.8 Å². The first-order valence-electron chi connectivity index (χ1n) is 7.96. The highest BCUT2D eigenvalue weighted by atomic mass is 16.5. The number of benzene rings is 2. The Morgan fingerprint density at radius 3 is 2.60 bits per heavy atom. The normalized spacial score (nSPS) is 17.6.